The number of halogens is 1. The summed E-state index contributed by atoms with van der Waals surface area (Å²) in [6, 6.07) is 17.1. The zero-order chi connectivity index (χ0) is 26.6. The Morgan fingerprint density at radius 1 is 1.08 bits per heavy atom. The van der Waals surface area contributed by atoms with Crippen molar-refractivity contribution in [2.45, 2.75) is 25.6 Å². The van der Waals surface area contributed by atoms with Crippen LogP contribution in [0.25, 0.3) is 0 Å². The van der Waals surface area contributed by atoms with Crippen molar-refractivity contribution in [2.24, 2.45) is 5.73 Å². The second-order valence-electron chi connectivity index (χ2n) is 9.08. The molecule has 9 nitrogen and oxygen atoms in total. The molecule has 1 amide bonds. The highest BCUT2D eigenvalue weighted by Gasteiger charge is 2.29. The molecule has 1 aromatic heterocycles. The Kier molecular flexibility index (Phi) is 8.21. The Labute approximate surface area is 222 Å². The molecule has 4 N–H and O–H groups in total. The van der Waals surface area contributed by atoms with Crippen molar-refractivity contribution in [3.05, 3.63) is 76.9 Å². The van der Waals surface area contributed by atoms with Crippen LogP contribution in [0, 0.1) is 0 Å². The van der Waals surface area contributed by atoms with Gasteiger partial charge in [-0.2, -0.15) is 4.31 Å². The third-order valence-corrected chi connectivity index (χ3v) is 8.94. The number of nitrogens with two attached hydrogens (primary N) is 1. The predicted octanol–water partition coefficient (Wildman–Crippen LogP) is 4.05. The number of nitrogens with zero attached hydrogens (tertiary/aromatic N) is 3. The van der Waals surface area contributed by atoms with E-state index < -0.39 is 21.2 Å². The molecule has 2 heterocycles. The van der Waals surface area contributed by atoms with E-state index in [-0.39, 0.29) is 5.56 Å². The van der Waals surface area contributed by atoms with Crippen LogP contribution in [0.1, 0.15) is 29.8 Å². The Hall–Kier alpha value is -3.34. The van der Waals surface area contributed by atoms with E-state index in [0.29, 0.717) is 49.3 Å². The number of sulfonamides is 1. The second-order valence-corrected chi connectivity index (χ2v) is 12.0. The number of carbonyl (C=O) groups excluding carboxylic acids is 1. The van der Waals surface area contributed by atoms with Gasteiger partial charge in [-0.25, -0.2) is 13.4 Å². The van der Waals surface area contributed by atoms with Gasteiger partial charge in [-0.05, 0) is 49.7 Å². The number of rotatable bonds is 9. The van der Waals surface area contributed by atoms with Crippen molar-refractivity contribution in [1.29, 1.82) is 0 Å². The van der Waals surface area contributed by atoms with Crippen LogP contribution < -0.4 is 21.3 Å². The average Bonchev–Trinajstić information content (AvgIpc) is 2.88. The first-order valence-electron chi connectivity index (χ1n) is 12.0. The molecule has 11 heteroatoms. The summed E-state index contributed by atoms with van der Waals surface area (Å²) in [7, 11) is -3.23. The minimum Gasteiger partial charge on any atom is -0.380 e. The third kappa shape index (κ3) is 6.33. The second kappa shape index (κ2) is 11.4. The van der Waals surface area contributed by atoms with Gasteiger partial charge in [0.15, 0.2) is 0 Å². The first-order valence-corrected chi connectivity index (χ1v) is 13.9. The van der Waals surface area contributed by atoms with E-state index in [2.05, 4.69) is 20.5 Å². The van der Waals surface area contributed by atoms with Crippen LogP contribution in [0.4, 0.5) is 22.9 Å². The van der Waals surface area contributed by atoms with Crippen LogP contribution >= 0.6 is 11.6 Å². The molecule has 1 aliphatic heterocycles. The highest BCUT2D eigenvalue weighted by Crippen LogP contribution is 2.26. The molecule has 196 valence electrons. The molecule has 2 aromatic carbocycles. The largest absolute Gasteiger partial charge is 0.380 e. The van der Waals surface area contributed by atoms with E-state index in [1.54, 1.807) is 24.2 Å². The Balaban J connectivity index is 1.42. The lowest BCUT2D eigenvalue weighted by Crippen LogP contribution is -2.50. The lowest BCUT2D eigenvalue weighted by atomic mass is 10.2. The van der Waals surface area contributed by atoms with Crippen molar-refractivity contribution in [3.8, 4) is 0 Å². The number of benzene rings is 2. The topological polar surface area (TPSA) is 121 Å². The average molecular weight is 543 g/mol. The monoisotopic (exact) mass is 542 g/mol. The van der Waals surface area contributed by atoms with E-state index in [1.807, 2.05) is 48.5 Å². The number of piperazine rings is 1. The summed E-state index contributed by atoms with van der Waals surface area (Å²) < 4.78 is 26.4. The zero-order valence-corrected chi connectivity index (χ0v) is 22.4. The molecule has 1 fully saturated rings. The van der Waals surface area contributed by atoms with E-state index in [0.717, 1.165) is 16.9 Å². The molecule has 37 heavy (non-hydrogen) atoms. The van der Waals surface area contributed by atoms with Gasteiger partial charge in [-0.1, -0.05) is 29.8 Å². The zero-order valence-electron chi connectivity index (χ0n) is 20.8. The maximum atomic E-state index is 12.4. The first kappa shape index (κ1) is 26.7. The number of anilines is 4. The van der Waals surface area contributed by atoms with Gasteiger partial charge in [-0.3, -0.25) is 4.79 Å². The minimum atomic E-state index is -3.23. The molecule has 0 spiro atoms. The summed E-state index contributed by atoms with van der Waals surface area (Å²) in [5, 5.41) is 6.70. The standard InChI is InChI=1S/C26H31ClN6O3S/c1-18(2)37(35,36)33-13-11-32(12-14-33)21-9-7-20(8-10-21)31-25-15-24(22(17-30-25)26(28)34)29-16-19-5-3-4-6-23(19)27/h3-10,15,17-18H,11-14,16H2,1-2H3,(H2,28,34)(H2,29,30,31). The van der Waals surface area contributed by atoms with E-state index in [4.69, 9.17) is 17.3 Å². The van der Waals surface area contributed by atoms with Crippen molar-refractivity contribution in [2.75, 3.05) is 41.7 Å². The Morgan fingerprint density at radius 2 is 1.76 bits per heavy atom. The molecular weight excluding hydrogens is 512 g/mol. The Morgan fingerprint density at radius 3 is 2.38 bits per heavy atom. The van der Waals surface area contributed by atoms with Gasteiger partial charge in [0.1, 0.15) is 5.82 Å². The van der Waals surface area contributed by atoms with E-state index in [9.17, 15) is 13.2 Å². The molecule has 0 bridgehead atoms. The van der Waals surface area contributed by atoms with E-state index in [1.165, 1.54) is 6.20 Å². The minimum absolute atomic E-state index is 0.284. The SMILES string of the molecule is CC(C)S(=O)(=O)N1CCN(c2ccc(Nc3cc(NCc4ccccc4Cl)c(C(N)=O)cn3)cc2)CC1. The highest BCUT2D eigenvalue weighted by atomic mass is 35.5. The summed E-state index contributed by atoms with van der Waals surface area (Å²) in [6.45, 7) is 6.05. The fraction of sp³-hybridized carbons (Fsp3) is 0.308. The molecule has 0 radical (unpaired) electrons. The molecular formula is C26H31ClN6O3S. The van der Waals surface area contributed by atoms with Crippen molar-refractivity contribution in [1.82, 2.24) is 9.29 Å². The highest BCUT2D eigenvalue weighted by molar-refractivity contribution is 7.89. The molecule has 1 aliphatic rings. The maximum absolute atomic E-state index is 12.4. The van der Waals surface area contributed by atoms with Crippen LogP contribution in [0.3, 0.4) is 0 Å². The van der Waals surface area contributed by atoms with Crippen LogP contribution in [-0.2, 0) is 16.6 Å². The number of amides is 1. The molecule has 0 unspecified atom stereocenters. The number of hydrogen-bond donors (Lipinski definition) is 3. The lowest BCUT2D eigenvalue weighted by molar-refractivity contribution is 0.100. The summed E-state index contributed by atoms with van der Waals surface area (Å²) in [4.78, 5) is 18.4. The predicted molar refractivity (Wildman–Crippen MR) is 149 cm³/mol. The normalized spacial score (nSPS) is 14.5. The summed E-state index contributed by atoms with van der Waals surface area (Å²) in [6.07, 6.45) is 1.44. The third-order valence-electron chi connectivity index (χ3n) is 6.30. The Bertz CT molecular complexity index is 1360. The number of primary amides is 1. The van der Waals surface area contributed by atoms with Gasteiger partial charge in [0.2, 0.25) is 10.0 Å². The van der Waals surface area contributed by atoms with Gasteiger partial charge >= 0.3 is 0 Å². The number of aromatic nitrogens is 1. The first-order chi connectivity index (χ1) is 17.6. The smallest absolute Gasteiger partial charge is 0.252 e. The molecule has 4 rings (SSSR count). The number of pyridine rings is 1. The van der Waals surface area contributed by atoms with E-state index >= 15 is 0 Å². The quantitative estimate of drug-likeness (QED) is 0.373. The van der Waals surface area contributed by atoms with Gasteiger partial charge in [0.25, 0.3) is 5.91 Å². The number of hydrogen-bond acceptors (Lipinski definition) is 7. The number of carbonyl (C=O) groups is 1. The maximum Gasteiger partial charge on any atom is 0.252 e. The van der Waals surface area contributed by atoms with Gasteiger partial charge < -0.3 is 21.3 Å². The van der Waals surface area contributed by atoms with Gasteiger partial charge in [0.05, 0.1) is 16.5 Å². The van der Waals surface area contributed by atoms with Gasteiger partial charge in [0, 0.05) is 61.4 Å². The summed E-state index contributed by atoms with van der Waals surface area (Å²) >= 11 is 6.25. The molecule has 1 saturated heterocycles. The summed E-state index contributed by atoms with van der Waals surface area (Å²) in [5.74, 6) is -0.0294. The van der Waals surface area contributed by atoms with Crippen LogP contribution in [0.15, 0.2) is 60.8 Å². The van der Waals surface area contributed by atoms with Crippen LogP contribution in [0.2, 0.25) is 5.02 Å². The van der Waals surface area contributed by atoms with Crippen LogP contribution in [0.5, 0.6) is 0 Å². The fourth-order valence-electron chi connectivity index (χ4n) is 4.10. The lowest BCUT2D eigenvalue weighted by Gasteiger charge is -2.36. The molecule has 0 atom stereocenters. The molecule has 3 aromatic rings. The number of nitrogens with one attached hydrogen (secondary N) is 2. The summed E-state index contributed by atoms with van der Waals surface area (Å²) in [5.41, 5.74) is 9.11. The van der Waals surface area contributed by atoms with Crippen molar-refractivity contribution < 1.29 is 13.2 Å². The molecule has 0 saturated carbocycles. The molecule has 0 aliphatic carbocycles. The van der Waals surface area contributed by atoms with Crippen molar-refractivity contribution in [3.63, 3.8) is 0 Å². The van der Waals surface area contributed by atoms with Gasteiger partial charge in [-0.15, -0.1) is 0 Å². The van der Waals surface area contributed by atoms with Crippen molar-refractivity contribution >= 4 is 50.4 Å². The van der Waals surface area contributed by atoms with Crippen LogP contribution in [-0.4, -0.2) is 55.0 Å². The fourth-order valence-corrected chi connectivity index (χ4v) is 5.57.